The van der Waals surface area contributed by atoms with E-state index in [0.717, 1.165) is 0 Å². The van der Waals surface area contributed by atoms with E-state index in [1.807, 2.05) is 0 Å². The van der Waals surface area contributed by atoms with Crippen molar-refractivity contribution in [2.75, 3.05) is 26.0 Å². The van der Waals surface area contributed by atoms with E-state index in [0.29, 0.717) is 5.56 Å². The van der Waals surface area contributed by atoms with Gasteiger partial charge in [0.15, 0.2) is 11.4 Å². The number of hydrogen-bond acceptors (Lipinski definition) is 11. The Bertz CT molecular complexity index is 1330. The Labute approximate surface area is 216 Å². The minimum Gasteiger partial charge on any atom is -0.507 e. The van der Waals surface area contributed by atoms with Gasteiger partial charge >= 0.3 is 0 Å². The topological polar surface area (TPSA) is 209 Å². The van der Waals surface area contributed by atoms with E-state index in [4.69, 9.17) is 15.5 Å². The number of carbonyl (C=O) groups excluding carboxylic acids is 4. The monoisotopic (exact) mass is 529 g/mol. The second kappa shape index (κ2) is 8.91. The van der Waals surface area contributed by atoms with Gasteiger partial charge in [0.2, 0.25) is 17.4 Å². The number of nitrogens with one attached hydrogen (secondary N) is 1. The van der Waals surface area contributed by atoms with Crippen molar-refractivity contribution in [3.05, 3.63) is 40.7 Å². The number of rotatable bonds is 4. The molecule has 4 aliphatic rings. The molecule has 13 nitrogen and oxygen atoms in total. The summed E-state index contributed by atoms with van der Waals surface area (Å²) >= 11 is 0. The maximum atomic E-state index is 13.8. The molecule has 7 N–H and O–H groups in total. The molecule has 13 heteroatoms. The van der Waals surface area contributed by atoms with Crippen LogP contribution in [0.3, 0.4) is 0 Å². The van der Waals surface area contributed by atoms with Crippen molar-refractivity contribution in [3.63, 3.8) is 0 Å². The number of amides is 2. The third kappa shape index (κ3) is 3.54. The van der Waals surface area contributed by atoms with E-state index in [1.54, 1.807) is 14.1 Å². The zero-order valence-corrected chi connectivity index (χ0v) is 20.5. The zero-order chi connectivity index (χ0) is 27.7. The zero-order valence-electron chi connectivity index (χ0n) is 20.5. The molecule has 0 bridgehead atoms. The van der Waals surface area contributed by atoms with Crippen LogP contribution in [0.4, 0.5) is 5.69 Å². The van der Waals surface area contributed by atoms with Gasteiger partial charge < -0.3 is 41.3 Å². The first kappa shape index (κ1) is 25.9. The number of fused-ring (bicyclic) bond motifs is 3. The number of aliphatic hydroxyl groups is 3. The lowest BCUT2D eigenvalue weighted by atomic mass is 9.54. The lowest BCUT2D eigenvalue weighted by molar-refractivity contribution is -0.233. The maximum Gasteiger partial charge on any atom is 0.294 e. The minimum absolute atomic E-state index is 0.0383. The number of nitrogens with zero attached hydrogens (tertiary/aromatic N) is 1. The van der Waals surface area contributed by atoms with E-state index >= 15 is 0 Å². The van der Waals surface area contributed by atoms with Gasteiger partial charge in [-0.15, -0.1) is 0 Å². The largest absolute Gasteiger partial charge is 0.507 e. The average molecular weight is 530 g/mol. The summed E-state index contributed by atoms with van der Waals surface area (Å²) in [6.07, 6.45) is -0.158. The quantitative estimate of drug-likeness (QED) is 0.157. The predicted octanol–water partition coefficient (Wildman–Crippen LogP) is -1.09. The van der Waals surface area contributed by atoms with Gasteiger partial charge in [-0.3, -0.25) is 19.2 Å². The molecular formula is C25H27N3O10. The molecule has 3 aliphatic carbocycles. The van der Waals surface area contributed by atoms with Crippen LogP contribution in [0.2, 0.25) is 0 Å². The lowest BCUT2D eigenvalue weighted by Crippen LogP contribution is -2.73. The highest BCUT2D eigenvalue weighted by molar-refractivity contribution is 6.25. The average Bonchev–Trinajstić information content (AvgIpc) is 3.38. The van der Waals surface area contributed by atoms with E-state index in [-0.39, 0.29) is 42.0 Å². The Morgan fingerprint density at radius 2 is 1.92 bits per heavy atom. The molecule has 0 radical (unpaired) electrons. The molecule has 3 unspecified atom stereocenters. The molecule has 0 saturated heterocycles. The van der Waals surface area contributed by atoms with Gasteiger partial charge in [-0.25, -0.2) is 0 Å². The lowest BCUT2D eigenvalue weighted by Gasteiger charge is -2.53. The van der Waals surface area contributed by atoms with Gasteiger partial charge in [0.05, 0.1) is 11.7 Å². The first-order valence-electron chi connectivity index (χ1n) is 11.9. The van der Waals surface area contributed by atoms with Gasteiger partial charge in [-0.1, -0.05) is 0 Å². The highest BCUT2D eigenvalue weighted by Crippen LogP contribution is 2.53. The number of anilines is 1. The molecule has 5 rings (SSSR count). The summed E-state index contributed by atoms with van der Waals surface area (Å²) in [5.41, 5.74) is 2.77. The van der Waals surface area contributed by atoms with Gasteiger partial charge in [-0.2, -0.15) is 4.89 Å². The standard InChI is InChI=1S/C25H27N3O10/c1-28(2)18-11-8-9-7-10-12(27-24(35)14-5-6-37-38-14)3-4-13(29)16(10)19(30)15(9)21(32)25(11,36)22(33)17(20(18)31)23(26)34/h3-5,9,11,17-18,20,29-31,36H,6-8H2,1-2H3,(H2,26,34)(H,27,35)/t9-,11-,17?,18?,20?,25-/m1/s1. The SMILES string of the molecule is CN(C)C1C(O)C(C(N)=O)C(=O)[C@]2(O)C(=O)C3=C(O)c4c(O)ccc(NC(=O)C5=CCOO5)c4C[C@@H]3C[C@H]12. The van der Waals surface area contributed by atoms with Crippen LogP contribution in [0.5, 0.6) is 5.75 Å². The molecule has 0 spiro atoms. The molecule has 2 amide bonds. The number of hydrogen-bond donors (Lipinski definition) is 6. The fourth-order valence-corrected chi connectivity index (χ4v) is 6.28. The number of nitrogens with two attached hydrogens (primary N) is 1. The van der Waals surface area contributed by atoms with Crippen LogP contribution in [0.1, 0.15) is 17.5 Å². The second-order valence-corrected chi connectivity index (χ2v) is 10.2. The fourth-order valence-electron chi connectivity index (χ4n) is 6.28. The van der Waals surface area contributed by atoms with Crippen LogP contribution in [0.25, 0.3) is 5.76 Å². The Kier molecular flexibility index (Phi) is 6.06. The summed E-state index contributed by atoms with van der Waals surface area (Å²) in [6.45, 7) is 0.0893. The third-order valence-corrected chi connectivity index (χ3v) is 7.93. The van der Waals surface area contributed by atoms with Gasteiger partial charge in [-0.05, 0) is 56.6 Å². The number of aromatic hydroxyl groups is 1. The van der Waals surface area contributed by atoms with Crippen LogP contribution < -0.4 is 11.1 Å². The van der Waals surface area contributed by atoms with Crippen LogP contribution in [-0.2, 0) is 35.4 Å². The molecule has 2 fully saturated rings. The maximum absolute atomic E-state index is 13.8. The molecule has 1 aromatic rings. The highest BCUT2D eigenvalue weighted by atomic mass is 17.2. The number of Topliss-reactive ketones (excluding diaryl/α,β-unsaturated/α-hetero) is 2. The van der Waals surface area contributed by atoms with E-state index < -0.39 is 70.4 Å². The van der Waals surface area contributed by atoms with Crippen molar-refractivity contribution in [1.29, 1.82) is 0 Å². The normalized spacial score (nSPS) is 32.2. The van der Waals surface area contributed by atoms with Crippen LogP contribution in [0.15, 0.2) is 29.5 Å². The van der Waals surface area contributed by atoms with Crippen molar-refractivity contribution in [1.82, 2.24) is 4.90 Å². The van der Waals surface area contributed by atoms with Crippen molar-refractivity contribution in [2.45, 2.75) is 30.6 Å². The summed E-state index contributed by atoms with van der Waals surface area (Å²) in [4.78, 5) is 62.8. The molecule has 202 valence electrons. The van der Waals surface area contributed by atoms with Crippen LogP contribution in [0, 0.1) is 17.8 Å². The summed E-state index contributed by atoms with van der Waals surface area (Å²) in [5.74, 6) is -9.03. The third-order valence-electron chi connectivity index (χ3n) is 7.93. The smallest absolute Gasteiger partial charge is 0.294 e. The van der Waals surface area contributed by atoms with Crippen molar-refractivity contribution in [3.8, 4) is 5.75 Å². The van der Waals surface area contributed by atoms with Gasteiger partial charge in [0.25, 0.3) is 5.91 Å². The van der Waals surface area contributed by atoms with Crippen molar-refractivity contribution in [2.24, 2.45) is 23.5 Å². The summed E-state index contributed by atoms with van der Waals surface area (Å²) in [6, 6.07) is 1.64. The van der Waals surface area contributed by atoms with Crippen LogP contribution >= 0.6 is 0 Å². The van der Waals surface area contributed by atoms with Crippen LogP contribution in [-0.4, -0.2) is 87.2 Å². The molecule has 38 heavy (non-hydrogen) atoms. The number of phenolic OH excluding ortho intramolecular Hbond substituents is 1. The number of aliphatic hydroxyl groups excluding tert-OH is 2. The molecular weight excluding hydrogens is 502 g/mol. The summed E-state index contributed by atoms with van der Waals surface area (Å²) in [5, 5.41) is 47.0. The number of primary amides is 1. The Morgan fingerprint density at radius 1 is 1.21 bits per heavy atom. The number of phenols is 1. The number of carbonyl (C=O) groups is 4. The Balaban J connectivity index is 1.62. The molecule has 6 atom stereocenters. The molecule has 1 heterocycles. The predicted molar refractivity (Wildman–Crippen MR) is 128 cm³/mol. The number of benzene rings is 1. The number of ketones is 2. The minimum atomic E-state index is -2.74. The molecule has 1 aromatic carbocycles. The first-order chi connectivity index (χ1) is 17.9. The molecule has 2 saturated carbocycles. The van der Waals surface area contributed by atoms with E-state index in [9.17, 15) is 39.6 Å². The number of likely N-dealkylation sites (N-methyl/N-ethyl adjacent to an activating group) is 1. The van der Waals surface area contributed by atoms with Crippen molar-refractivity contribution < 1.29 is 49.4 Å². The Hall–Kier alpha value is -3.78. The second-order valence-electron chi connectivity index (χ2n) is 10.2. The summed E-state index contributed by atoms with van der Waals surface area (Å²) < 4.78 is 0. The first-order valence-corrected chi connectivity index (χ1v) is 11.9. The Morgan fingerprint density at radius 3 is 2.53 bits per heavy atom. The molecule has 1 aliphatic heterocycles. The van der Waals surface area contributed by atoms with Crippen molar-refractivity contribution >= 4 is 34.8 Å². The van der Waals surface area contributed by atoms with E-state index in [2.05, 4.69) is 5.32 Å². The highest BCUT2D eigenvalue weighted by Gasteiger charge is 2.67. The molecule has 0 aromatic heterocycles. The van der Waals surface area contributed by atoms with Gasteiger partial charge in [0.1, 0.15) is 24.0 Å². The van der Waals surface area contributed by atoms with E-state index in [1.165, 1.54) is 23.1 Å². The van der Waals surface area contributed by atoms with Gasteiger partial charge in [0, 0.05) is 23.2 Å². The fraction of sp³-hybridized carbons (Fsp3) is 0.440. The summed E-state index contributed by atoms with van der Waals surface area (Å²) in [7, 11) is 3.14.